The van der Waals surface area contributed by atoms with Gasteiger partial charge in [-0.1, -0.05) is 6.07 Å². The molecule has 2 aromatic heterocycles. The third kappa shape index (κ3) is 6.22. The van der Waals surface area contributed by atoms with Gasteiger partial charge in [-0.15, -0.1) is 0 Å². The molecule has 1 fully saturated rings. The Kier molecular flexibility index (Phi) is 8.31. The van der Waals surface area contributed by atoms with Gasteiger partial charge in [0, 0.05) is 68.5 Å². The lowest BCUT2D eigenvalue weighted by Gasteiger charge is -2.32. The summed E-state index contributed by atoms with van der Waals surface area (Å²) in [6.45, 7) is 2.80. The fourth-order valence-corrected chi connectivity index (χ4v) is 5.11. The number of nitrogens with zero attached hydrogens (tertiary/aromatic N) is 3. The van der Waals surface area contributed by atoms with Crippen LogP contribution in [0.4, 0.5) is 8.78 Å². The second-order valence-electron chi connectivity index (χ2n) is 9.93. The van der Waals surface area contributed by atoms with Gasteiger partial charge in [0.2, 0.25) is 11.3 Å². The van der Waals surface area contributed by atoms with E-state index in [9.17, 15) is 22.6 Å². The highest BCUT2D eigenvalue weighted by atomic mass is 32.2. The quantitative estimate of drug-likeness (QED) is 0.273. The first-order valence-electron chi connectivity index (χ1n) is 12.9. The van der Waals surface area contributed by atoms with Crippen LogP contribution in [0.5, 0.6) is 11.5 Å². The number of hydrogen-bond donors (Lipinski definition) is 3. The number of benzene rings is 2. The summed E-state index contributed by atoms with van der Waals surface area (Å²) in [7, 11) is 3.57. The summed E-state index contributed by atoms with van der Waals surface area (Å²) < 4.78 is 57.9. The first kappa shape index (κ1) is 28.6. The van der Waals surface area contributed by atoms with Crippen LogP contribution in [0.15, 0.2) is 53.5 Å². The Hall–Kier alpha value is -3.91. The smallest absolute Gasteiger partial charge is 0.274 e. The SMILES string of the molecule is CN1CCN(C(=O)c2cc3c(-c4cc(CCNS(=O)O)ccc4Oc4ccc(F)cc4F)cn(C)c(=O)c3[nH]2)CC1. The van der Waals surface area contributed by atoms with Crippen LogP contribution in [0, 0.1) is 11.6 Å². The highest BCUT2D eigenvalue weighted by molar-refractivity contribution is 7.77. The minimum atomic E-state index is -2.17. The van der Waals surface area contributed by atoms with Crippen LogP contribution in [0.2, 0.25) is 0 Å². The molecule has 2 aromatic carbocycles. The van der Waals surface area contributed by atoms with Crippen molar-refractivity contribution in [3.8, 4) is 22.6 Å². The van der Waals surface area contributed by atoms with Crippen molar-refractivity contribution < 1.29 is 27.1 Å². The molecule has 0 aliphatic carbocycles. The van der Waals surface area contributed by atoms with Crippen molar-refractivity contribution in [1.29, 1.82) is 0 Å². The molecule has 0 spiro atoms. The summed E-state index contributed by atoms with van der Waals surface area (Å²) >= 11 is -2.17. The topological polar surface area (TPSA) is 120 Å². The molecule has 41 heavy (non-hydrogen) atoms. The predicted octanol–water partition coefficient (Wildman–Crippen LogP) is 3.26. The molecule has 0 radical (unpaired) electrons. The lowest BCUT2D eigenvalue weighted by molar-refractivity contribution is 0.0659. The number of H-pyrrole nitrogens is 1. The van der Waals surface area contributed by atoms with E-state index in [1.165, 1.54) is 10.6 Å². The fraction of sp³-hybridized carbons (Fsp3) is 0.286. The Morgan fingerprint density at radius 2 is 1.78 bits per heavy atom. The Bertz CT molecular complexity index is 1700. The van der Waals surface area contributed by atoms with Crippen LogP contribution in [0.3, 0.4) is 0 Å². The van der Waals surface area contributed by atoms with Crippen molar-refractivity contribution in [3.63, 3.8) is 0 Å². The van der Waals surface area contributed by atoms with E-state index in [4.69, 9.17) is 9.29 Å². The Balaban J connectivity index is 1.61. The molecule has 5 rings (SSSR count). The number of aromatic amines is 1. The number of halogens is 2. The van der Waals surface area contributed by atoms with Gasteiger partial charge in [-0.3, -0.25) is 14.1 Å². The molecule has 1 amide bonds. The van der Waals surface area contributed by atoms with Gasteiger partial charge >= 0.3 is 0 Å². The molecule has 10 nitrogen and oxygen atoms in total. The molecule has 3 N–H and O–H groups in total. The van der Waals surface area contributed by atoms with E-state index in [1.54, 1.807) is 42.4 Å². The van der Waals surface area contributed by atoms with Gasteiger partial charge in [0.05, 0.1) is 0 Å². The number of carbonyl (C=O) groups is 1. The highest BCUT2D eigenvalue weighted by Gasteiger charge is 2.24. The number of nitrogens with one attached hydrogen (secondary N) is 2. The Morgan fingerprint density at radius 3 is 2.49 bits per heavy atom. The third-order valence-corrected chi connectivity index (χ3v) is 7.52. The Morgan fingerprint density at radius 1 is 1.05 bits per heavy atom. The molecule has 1 aliphatic heterocycles. The predicted molar refractivity (Wildman–Crippen MR) is 151 cm³/mol. The molecular formula is C28H29F2N5O5S. The van der Waals surface area contributed by atoms with Crippen LogP contribution in [0.1, 0.15) is 16.1 Å². The van der Waals surface area contributed by atoms with Gasteiger partial charge in [0.25, 0.3) is 11.5 Å². The minimum absolute atomic E-state index is 0.196. The number of fused-ring (bicyclic) bond motifs is 1. The van der Waals surface area contributed by atoms with E-state index in [2.05, 4.69) is 14.6 Å². The standard InChI is InChI=1S/C28H29F2N5O5S/c1-33-9-11-35(12-10-33)27(36)23-15-20-21(16-34(2)28(37)26(20)32-23)19-13-17(7-8-31-41(38)39)3-5-24(19)40-25-6-4-18(29)14-22(25)30/h3-6,13-16,31-32H,7-12H2,1-2H3,(H,38,39). The van der Waals surface area contributed by atoms with Gasteiger partial charge in [0.15, 0.2) is 11.6 Å². The summed E-state index contributed by atoms with van der Waals surface area (Å²) in [5, 5.41) is 0.474. The van der Waals surface area contributed by atoms with Gasteiger partial charge in [-0.25, -0.2) is 17.7 Å². The second kappa shape index (κ2) is 11.9. The summed E-state index contributed by atoms with van der Waals surface area (Å²) in [5.41, 5.74) is 1.94. The molecule has 4 aromatic rings. The van der Waals surface area contributed by atoms with Crippen LogP contribution in [0.25, 0.3) is 22.0 Å². The van der Waals surface area contributed by atoms with Crippen LogP contribution >= 0.6 is 0 Å². The molecule has 1 saturated heterocycles. The number of likely N-dealkylation sites (N-methyl/N-ethyl adjacent to an activating group) is 1. The van der Waals surface area contributed by atoms with E-state index in [0.717, 1.165) is 30.8 Å². The maximum atomic E-state index is 14.5. The second-order valence-corrected chi connectivity index (χ2v) is 10.7. The first-order chi connectivity index (χ1) is 19.6. The zero-order valence-electron chi connectivity index (χ0n) is 22.4. The van der Waals surface area contributed by atoms with Gasteiger partial charge in [0.1, 0.15) is 22.8 Å². The largest absolute Gasteiger partial charge is 0.454 e. The number of piperazine rings is 1. The number of hydrogen-bond acceptors (Lipinski definition) is 5. The maximum absolute atomic E-state index is 14.5. The molecule has 0 saturated carbocycles. The number of amides is 1. The Labute approximate surface area is 236 Å². The highest BCUT2D eigenvalue weighted by Crippen LogP contribution is 2.38. The average Bonchev–Trinajstić information content (AvgIpc) is 3.39. The van der Waals surface area contributed by atoms with Crippen LogP contribution in [-0.2, 0) is 24.7 Å². The maximum Gasteiger partial charge on any atom is 0.274 e. The van der Waals surface area contributed by atoms with Crippen molar-refractivity contribution in [3.05, 3.63) is 81.9 Å². The van der Waals surface area contributed by atoms with Crippen molar-refractivity contribution >= 4 is 28.1 Å². The van der Waals surface area contributed by atoms with E-state index >= 15 is 0 Å². The van der Waals surface area contributed by atoms with E-state index in [0.29, 0.717) is 36.0 Å². The number of aromatic nitrogens is 2. The van der Waals surface area contributed by atoms with Crippen molar-refractivity contribution in [2.45, 2.75) is 6.42 Å². The summed E-state index contributed by atoms with van der Waals surface area (Å²) in [6.07, 6.45) is 1.98. The molecule has 1 unspecified atom stereocenters. The molecule has 3 heterocycles. The monoisotopic (exact) mass is 585 g/mol. The number of rotatable bonds is 8. The molecule has 1 aliphatic rings. The van der Waals surface area contributed by atoms with E-state index in [-0.39, 0.29) is 40.7 Å². The lowest BCUT2D eigenvalue weighted by Crippen LogP contribution is -2.47. The molecule has 0 bridgehead atoms. The van der Waals surface area contributed by atoms with Crippen molar-refractivity contribution in [2.75, 3.05) is 39.8 Å². The summed E-state index contributed by atoms with van der Waals surface area (Å²) in [4.78, 5) is 33.3. The minimum Gasteiger partial charge on any atom is -0.454 e. The molecular weight excluding hydrogens is 556 g/mol. The van der Waals surface area contributed by atoms with E-state index < -0.39 is 22.9 Å². The number of aryl methyl sites for hydroxylation is 1. The van der Waals surface area contributed by atoms with Gasteiger partial charge in [-0.2, -0.15) is 0 Å². The van der Waals surface area contributed by atoms with Gasteiger partial charge < -0.3 is 24.1 Å². The third-order valence-electron chi connectivity index (χ3n) is 7.07. The lowest BCUT2D eigenvalue weighted by atomic mass is 9.99. The number of pyridine rings is 1. The molecule has 13 heteroatoms. The number of ether oxygens (including phenoxy) is 1. The normalized spacial score (nSPS) is 14.9. The fourth-order valence-electron chi connectivity index (χ4n) is 4.83. The first-order valence-corrected chi connectivity index (χ1v) is 14.0. The van der Waals surface area contributed by atoms with Crippen molar-refractivity contribution in [1.82, 2.24) is 24.1 Å². The van der Waals surface area contributed by atoms with Crippen LogP contribution in [-0.4, -0.2) is 73.8 Å². The van der Waals surface area contributed by atoms with Crippen molar-refractivity contribution in [2.24, 2.45) is 7.05 Å². The molecule has 216 valence electrons. The number of carbonyl (C=O) groups excluding carboxylic acids is 1. The zero-order chi connectivity index (χ0) is 29.3. The van der Waals surface area contributed by atoms with E-state index in [1.807, 2.05) is 7.05 Å². The zero-order valence-corrected chi connectivity index (χ0v) is 23.3. The van der Waals surface area contributed by atoms with Gasteiger partial charge in [-0.05, 0) is 49.4 Å². The average molecular weight is 586 g/mol. The summed E-state index contributed by atoms with van der Waals surface area (Å²) in [5.74, 6) is -1.82. The van der Waals surface area contributed by atoms with Crippen LogP contribution < -0.4 is 15.0 Å². The molecule has 1 atom stereocenters. The summed E-state index contributed by atoms with van der Waals surface area (Å²) in [6, 6.07) is 9.73.